The van der Waals surface area contributed by atoms with E-state index in [0.717, 1.165) is 42.0 Å². The highest BCUT2D eigenvalue weighted by Crippen LogP contribution is 2.52. The lowest BCUT2D eigenvalue weighted by Gasteiger charge is -2.43. The second kappa shape index (κ2) is 3.88. The molecule has 2 aliphatic heterocycles. The molecule has 3 atom stereocenters. The molecule has 1 aromatic carbocycles. The minimum absolute atomic E-state index is 0.0521. The van der Waals surface area contributed by atoms with Crippen molar-refractivity contribution in [1.29, 1.82) is 0 Å². The average molecular weight is 324 g/mol. The third-order valence-electron chi connectivity index (χ3n) is 4.22. The zero-order valence-corrected chi connectivity index (χ0v) is 12.1. The summed E-state index contributed by atoms with van der Waals surface area (Å²) in [7, 11) is 1.66. The van der Waals surface area contributed by atoms with Crippen molar-refractivity contribution < 1.29 is 14.3 Å². The van der Waals surface area contributed by atoms with Crippen molar-refractivity contribution in [3.05, 3.63) is 23.8 Å². The van der Waals surface area contributed by atoms with Gasteiger partial charge >= 0.3 is 0 Å². The van der Waals surface area contributed by atoms with Crippen molar-refractivity contribution >= 4 is 21.6 Å². The maximum absolute atomic E-state index is 6.21. The molecule has 1 fully saturated rings. The summed E-state index contributed by atoms with van der Waals surface area (Å²) < 4.78 is 11.3. The van der Waals surface area contributed by atoms with Gasteiger partial charge < -0.3 is 14.3 Å². The average Bonchev–Trinajstić information content (AvgIpc) is 2.77. The number of ether oxygens (including phenoxy) is 2. The van der Waals surface area contributed by atoms with Gasteiger partial charge in [-0.15, -0.1) is 0 Å². The molecule has 5 heteroatoms. The van der Waals surface area contributed by atoms with Gasteiger partial charge in [-0.05, 0) is 31.4 Å². The maximum atomic E-state index is 6.21. The van der Waals surface area contributed by atoms with E-state index in [1.54, 1.807) is 7.11 Å². The first-order valence-corrected chi connectivity index (χ1v) is 7.31. The summed E-state index contributed by atoms with van der Waals surface area (Å²) >= 11 is 3.86. The van der Waals surface area contributed by atoms with E-state index in [0.29, 0.717) is 0 Å². The highest BCUT2D eigenvalue weighted by atomic mass is 79.9. The third-order valence-corrected chi connectivity index (χ3v) is 5.61. The molecule has 19 heavy (non-hydrogen) atoms. The number of nitrogens with zero attached hydrogens (tertiary/aromatic N) is 1. The molecule has 0 spiro atoms. The second-order valence-corrected chi connectivity index (χ2v) is 6.49. The number of hydrogen-bond acceptors (Lipinski definition) is 4. The van der Waals surface area contributed by atoms with Gasteiger partial charge in [0.2, 0.25) is 0 Å². The molecule has 0 N–H and O–H groups in total. The van der Waals surface area contributed by atoms with Crippen LogP contribution in [0, 0.1) is 0 Å². The molecular formula is C14H14BrNO3. The number of methoxy groups -OCH3 is 1. The molecule has 1 saturated carbocycles. The van der Waals surface area contributed by atoms with Gasteiger partial charge in [0.1, 0.15) is 16.1 Å². The Morgan fingerprint density at radius 1 is 1.37 bits per heavy atom. The molecule has 0 bridgehead atoms. The summed E-state index contributed by atoms with van der Waals surface area (Å²) in [5.74, 6) is 1.54. The minimum atomic E-state index is -0.301. The van der Waals surface area contributed by atoms with E-state index in [1.165, 1.54) is 0 Å². The molecular weight excluding hydrogens is 310 g/mol. The van der Waals surface area contributed by atoms with Crippen LogP contribution in [0.3, 0.4) is 0 Å². The molecule has 0 saturated heterocycles. The molecule has 3 aliphatic rings. The monoisotopic (exact) mass is 323 g/mol. The molecule has 4 nitrogen and oxygen atoms in total. The molecule has 1 aliphatic carbocycles. The number of rotatable bonds is 1. The van der Waals surface area contributed by atoms with Crippen LogP contribution in [0.4, 0.5) is 0 Å². The third kappa shape index (κ3) is 1.37. The number of benzene rings is 1. The SMILES string of the molecule is COc1cccc2c1OC1CCCC3ON=C2C31Br. The van der Waals surface area contributed by atoms with Gasteiger partial charge in [0.05, 0.1) is 7.11 Å². The van der Waals surface area contributed by atoms with Gasteiger partial charge in [0.25, 0.3) is 0 Å². The van der Waals surface area contributed by atoms with Crippen molar-refractivity contribution in [2.24, 2.45) is 5.16 Å². The first kappa shape index (κ1) is 11.6. The Bertz CT molecular complexity index is 574. The van der Waals surface area contributed by atoms with E-state index < -0.39 is 0 Å². The Morgan fingerprint density at radius 3 is 3.05 bits per heavy atom. The molecule has 1 aromatic rings. The van der Waals surface area contributed by atoms with Gasteiger partial charge in [-0.2, -0.15) is 0 Å². The van der Waals surface area contributed by atoms with Gasteiger partial charge in [-0.25, -0.2) is 0 Å². The molecule has 100 valence electrons. The smallest absolute Gasteiger partial charge is 0.170 e. The van der Waals surface area contributed by atoms with E-state index in [-0.39, 0.29) is 16.5 Å². The minimum Gasteiger partial charge on any atom is -0.493 e. The van der Waals surface area contributed by atoms with Crippen LogP contribution < -0.4 is 9.47 Å². The Labute approximate surface area is 119 Å². The van der Waals surface area contributed by atoms with E-state index in [2.05, 4.69) is 21.1 Å². The number of halogens is 1. The van der Waals surface area contributed by atoms with Crippen LogP contribution in [0.15, 0.2) is 23.4 Å². The van der Waals surface area contributed by atoms with Gasteiger partial charge in [-0.1, -0.05) is 27.2 Å². The Kier molecular flexibility index (Phi) is 2.37. The van der Waals surface area contributed by atoms with Crippen molar-refractivity contribution in [1.82, 2.24) is 0 Å². The van der Waals surface area contributed by atoms with Gasteiger partial charge in [0, 0.05) is 5.56 Å². The van der Waals surface area contributed by atoms with Crippen LogP contribution in [-0.2, 0) is 4.84 Å². The van der Waals surface area contributed by atoms with E-state index >= 15 is 0 Å². The van der Waals surface area contributed by atoms with Crippen molar-refractivity contribution in [2.75, 3.05) is 7.11 Å². The van der Waals surface area contributed by atoms with Crippen LogP contribution >= 0.6 is 15.9 Å². The van der Waals surface area contributed by atoms with E-state index in [1.807, 2.05) is 18.2 Å². The predicted molar refractivity (Wildman–Crippen MR) is 74.3 cm³/mol. The zero-order chi connectivity index (χ0) is 13.0. The summed E-state index contributed by atoms with van der Waals surface area (Å²) in [6.45, 7) is 0. The quantitative estimate of drug-likeness (QED) is 0.746. The number of para-hydroxylation sites is 1. The van der Waals surface area contributed by atoms with Crippen molar-refractivity contribution in [3.63, 3.8) is 0 Å². The summed E-state index contributed by atoms with van der Waals surface area (Å²) in [4.78, 5) is 5.62. The summed E-state index contributed by atoms with van der Waals surface area (Å²) in [5, 5.41) is 4.32. The summed E-state index contributed by atoms with van der Waals surface area (Å²) in [6.07, 6.45) is 3.23. The van der Waals surface area contributed by atoms with E-state index in [4.69, 9.17) is 14.3 Å². The molecule has 2 heterocycles. The molecule has 0 radical (unpaired) electrons. The van der Waals surface area contributed by atoms with Crippen LogP contribution in [0.25, 0.3) is 0 Å². The largest absolute Gasteiger partial charge is 0.493 e. The Balaban J connectivity index is 1.92. The fourth-order valence-electron chi connectivity index (χ4n) is 3.26. The normalized spacial score (nSPS) is 34.5. The van der Waals surface area contributed by atoms with Gasteiger partial charge in [0.15, 0.2) is 17.6 Å². The lowest BCUT2D eigenvalue weighted by molar-refractivity contribution is 0.00816. The number of hydrogen-bond donors (Lipinski definition) is 0. The molecule has 3 unspecified atom stereocenters. The standard InChI is InChI=1S/C14H14BrNO3/c1-17-9-5-2-4-8-12(9)18-10-6-3-7-11-14(10,15)13(8)16-19-11/h2,4-5,10-11H,3,6-7H2,1H3. The molecule has 4 rings (SSSR count). The highest BCUT2D eigenvalue weighted by molar-refractivity contribution is 9.10. The van der Waals surface area contributed by atoms with Gasteiger partial charge in [-0.3, -0.25) is 0 Å². The molecule has 0 amide bonds. The lowest BCUT2D eigenvalue weighted by Crippen LogP contribution is -2.57. The first-order valence-electron chi connectivity index (χ1n) is 6.52. The number of fused-ring (bicyclic) bond motifs is 2. The fraction of sp³-hybridized carbons (Fsp3) is 0.500. The second-order valence-electron chi connectivity index (χ2n) is 5.18. The Hall–Kier alpha value is -1.23. The van der Waals surface area contributed by atoms with Crippen molar-refractivity contribution in [3.8, 4) is 11.5 Å². The topological polar surface area (TPSA) is 40.0 Å². The zero-order valence-electron chi connectivity index (χ0n) is 10.6. The van der Waals surface area contributed by atoms with Crippen LogP contribution in [0.1, 0.15) is 24.8 Å². The fourth-order valence-corrected chi connectivity index (χ4v) is 4.18. The summed E-state index contributed by atoms with van der Waals surface area (Å²) in [6, 6.07) is 5.88. The highest BCUT2D eigenvalue weighted by Gasteiger charge is 2.60. The van der Waals surface area contributed by atoms with Crippen LogP contribution in [0.5, 0.6) is 11.5 Å². The number of oxime groups is 1. The predicted octanol–water partition coefficient (Wildman–Crippen LogP) is 2.88. The Morgan fingerprint density at radius 2 is 2.21 bits per heavy atom. The maximum Gasteiger partial charge on any atom is 0.170 e. The van der Waals surface area contributed by atoms with E-state index in [9.17, 15) is 0 Å². The van der Waals surface area contributed by atoms with Crippen LogP contribution in [-0.4, -0.2) is 29.4 Å². The first-order chi connectivity index (χ1) is 9.25. The number of alkyl halides is 1. The van der Waals surface area contributed by atoms with Crippen molar-refractivity contribution in [2.45, 2.75) is 35.8 Å². The lowest BCUT2D eigenvalue weighted by atomic mass is 9.77. The molecule has 0 aromatic heterocycles. The summed E-state index contributed by atoms with van der Waals surface area (Å²) in [5.41, 5.74) is 1.92. The van der Waals surface area contributed by atoms with Crippen LogP contribution in [0.2, 0.25) is 0 Å².